The number of aryl methyl sites for hydroxylation is 2. The average molecular weight is 373 g/mol. The third-order valence-corrected chi connectivity index (χ3v) is 4.23. The predicted octanol–water partition coefficient (Wildman–Crippen LogP) is 3.67. The number of ketones is 1. The molecule has 2 N–H and O–H groups in total. The molecule has 0 aromatic heterocycles. The summed E-state index contributed by atoms with van der Waals surface area (Å²) in [5, 5.41) is 5.73. The van der Waals surface area contributed by atoms with Crippen molar-refractivity contribution in [2.45, 2.75) is 26.7 Å². The van der Waals surface area contributed by atoms with Crippen LogP contribution >= 0.6 is 11.6 Å². The summed E-state index contributed by atoms with van der Waals surface area (Å²) < 4.78 is 0. The fourth-order valence-corrected chi connectivity index (χ4v) is 2.42. The molecular formula is C20H21ClN2O3. The van der Waals surface area contributed by atoms with E-state index in [2.05, 4.69) is 10.6 Å². The van der Waals surface area contributed by atoms with Crippen molar-refractivity contribution in [3.05, 3.63) is 64.2 Å². The van der Waals surface area contributed by atoms with Gasteiger partial charge in [-0.05, 0) is 55.3 Å². The van der Waals surface area contributed by atoms with Crippen LogP contribution in [0.5, 0.6) is 0 Å². The SMILES string of the molecule is Cc1ccc(C(=O)CCC(=O)NCC(=O)Nc2ccc(Cl)cc2)cc1C. The first-order valence-corrected chi connectivity index (χ1v) is 8.65. The van der Waals surface area contributed by atoms with Gasteiger partial charge in [-0.25, -0.2) is 0 Å². The minimum absolute atomic E-state index is 0.0416. The van der Waals surface area contributed by atoms with Crippen LogP contribution in [0.2, 0.25) is 5.02 Å². The molecule has 0 radical (unpaired) electrons. The van der Waals surface area contributed by atoms with Crippen LogP contribution in [0.3, 0.4) is 0 Å². The molecule has 0 aliphatic heterocycles. The van der Waals surface area contributed by atoms with Gasteiger partial charge in [0, 0.05) is 29.1 Å². The molecule has 26 heavy (non-hydrogen) atoms. The first-order valence-electron chi connectivity index (χ1n) is 8.27. The highest BCUT2D eigenvalue weighted by molar-refractivity contribution is 6.30. The molecule has 0 aliphatic rings. The Kier molecular flexibility index (Phi) is 6.92. The average Bonchev–Trinajstić information content (AvgIpc) is 2.62. The van der Waals surface area contributed by atoms with Crippen molar-refractivity contribution in [2.75, 3.05) is 11.9 Å². The summed E-state index contributed by atoms with van der Waals surface area (Å²) in [5.41, 5.74) is 3.35. The summed E-state index contributed by atoms with van der Waals surface area (Å²) in [4.78, 5) is 35.8. The second-order valence-corrected chi connectivity index (χ2v) is 6.49. The Balaban J connectivity index is 1.74. The molecule has 2 amide bonds. The lowest BCUT2D eigenvalue weighted by atomic mass is 10.0. The molecule has 0 bridgehead atoms. The van der Waals surface area contributed by atoms with Gasteiger partial charge in [0.2, 0.25) is 11.8 Å². The number of benzene rings is 2. The summed E-state index contributed by atoms with van der Waals surface area (Å²) in [6.45, 7) is 3.77. The Morgan fingerprint density at radius 1 is 0.885 bits per heavy atom. The van der Waals surface area contributed by atoms with Crippen LogP contribution in [0, 0.1) is 13.8 Å². The number of carbonyl (C=O) groups excluding carboxylic acids is 3. The van der Waals surface area contributed by atoms with Crippen molar-refractivity contribution in [1.82, 2.24) is 5.32 Å². The molecule has 0 heterocycles. The van der Waals surface area contributed by atoms with E-state index in [9.17, 15) is 14.4 Å². The van der Waals surface area contributed by atoms with E-state index in [0.717, 1.165) is 11.1 Å². The summed E-state index contributed by atoms with van der Waals surface area (Å²) in [5.74, 6) is -0.775. The van der Waals surface area contributed by atoms with Crippen LogP contribution in [0.25, 0.3) is 0 Å². The number of amides is 2. The molecule has 2 aromatic carbocycles. The third kappa shape index (κ3) is 6.01. The van der Waals surface area contributed by atoms with E-state index >= 15 is 0 Å². The smallest absolute Gasteiger partial charge is 0.243 e. The fourth-order valence-electron chi connectivity index (χ4n) is 2.29. The van der Waals surface area contributed by atoms with E-state index in [0.29, 0.717) is 16.3 Å². The molecule has 2 aromatic rings. The standard InChI is InChI=1S/C20H21ClN2O3/c1-13-3-4-15(11-14(13)2)18(24)9-10-19(25)22-12-20(26)23-17-7-5-16(21)6-8-17/h3-8,11H,9-10,12H2,1-2H3,(H,22,25)(H,23,26). The number of rotatable bonds is 7. The second-order valence-electron chi connectivity index (χ2n) is 6.05. The van der Waals surface area contributed by atoms with Crippen LogP contribution in [0.1, 0.15) is 34.3 Å². The van der Waals surface area contributed by atoms with Crippen molar-refractivity contribution >= 4 is 34.9 Å². The third-order valence-electron chi connectivity index (χ3n) is 3.98. The number of hydrogen-bond acceptors (Lipinski definition) is 3. The lowest BCUT2D eigenvalue weighted by molar-refractivity contribution is -0.124. The number of nitrogens with one attached hydrogen (secondary N) is 2. The van der Waals surface area contributed by atoms with Gasteiger partial charge in [-0.15, -0.1) is 0 Å². The zero-order chi connectivity index (χ0) is 19.1. The van der Waals surface area contributed by atoms with Crippen LogP contribution in [0.15, 0.2) is 42.5 Å². The number of carbonyl (C=O) groups is 3. The van der Waals surface area contributed by atoms with E-state index in [4.69, 9.17) is 11.6 Å². The van der Waals surface area contributed by atoms with E-state index in [1.807, 2.05) is 26.0 Å². The fraction of sp³-hybridized carbons (Fsp3) is 0.250. The molecule has 5 nitrogen and oxygen atoms in total. The Hall–Kier alpha value is -2.66. The van der Waals surface area contributed by atoms with Gasteiger partial charge in [0.25, 0.3) is 0 Å². The zero-order valence-corrected chi connectivity index (χ0v) is 15.5. The summed E-state index contributed by atoms with van der Waals surface area (Å²) >= 11 is 5.77. The molecule has 0 fully saturated rings. The van der Waals surface area contributed by atoms with Gasteiger partial charge in [-0.2, -0.15) is 0 Å². The molecule has 136 valence electrons. The van der Waals surface area contributed by atoms with Crippen LogP contribution in [0.4, 0.5) is 5.69 Å². The van der Waals surface area contributed by atoms with E-state index in [-0.39, 0.29) is 37.0 Å². The predicted molar refractivity (Wildman–Crippen MR) is 103 cm³/mol. The van der Waals surface area contributed by atoms with Gasteiger partial charge < -0.3 is 10.6 Å². The highest BCUT2D eigenvalue weighted by Gasteiger charge is 2.11. The molecule has 6 heteroatoms. The Labute approximate surface area is 157 Å². The second kappa shape index (κ2) is 9.15. The molecule has 0 aliphatic carbocycles. The number of Topliss-reactive ketones (excluding diaryl/α,β-unsaturated/α-hetero) is 1. The van der Waals surface area contributed by atoms with Gasteiger partial charge in [0.1, 0.15) is 0 Å². The molecule has 0 saturated heterocycles. The quantitative estimate of drug-likeness (QED) is 0.728. The lowest BCUT2D eigenvalue weighted by Crippen LogP contribution is -2.33. The monoisotopic (exact) mass is 372 g/mol. The number of halogens is 1. The van der Waals surface area contributed by atoms with Crippen molar-refractivity contribution < 1.29 is 14.4 Å². The van der Waals surface area contributed by atoms with E-state index < -0.39 is 0 Å². The largest absolute Gasteiger partial charge is 0.347 e. The maximum atomic E-state index is 12.1. The minimum Gasteiger partial charge on any atom is -0.347 e. The molecule has 0 atom stereocenters. The Morgan fingerprint density at radius 3 is 2.23 bits per heavy atom. The first-order chi connectivity index (χ1) is 12.3. The van der Waals surface area contributed by atoms with Crippen molar-refractivity contribution in [3.63, 3.8) is 0 Å². The summed E-state index contributed by atoms with van der Waals surface area (Å²) in [6.07, 6.45) is 0.146. The molecular weight excluding hydrogens is 352 g/mol. The van der Waals surface area contributed by atoms with Gasteiger partial charge >= 0.3 is 0 Å². The number of anilines is 1. The van der Waals surface area contributed by atoms with Crippen molar-refractivity contribution in [3.8, 4) is 0 Å². The van der Waals surface area contributed by atoms with Crippen LogP contribution in [-0.2, 0) is 9.59 Å². The van der Waals surface area contributed by atoms with Crippen molar-refractivity contribution in [2.24, 2.45) is 0 Å². The zero-order valence-electron chi connectivity index (χ0n) is 14.8. The lowest BCUT2D eigenvalue weighted by Gasteiger charge is -2.07. The Morgan fingerprint density at radius 2 is 1.58 bits per heavy atom. The molecule has 0 unspecified atom stereocenters. The van der Waals surface area contributed by atoms with E-state index in [1.54, 1.807) is 30.3 Å². The Bertz CT molecular complexity index is 816. The summed E-state index contributed by atoms with van der Waals surface area (Å²) in [6, 6.07) is 12.2. The number of hydrogen-bond donors (Lipinski definition) is 2. The normalized spacial score (nSPS) is 10.3. The molecule has 2 rings (SSSR count). The minimum atomic E-state index is -0.346. The topological polar surface area (TPSA) is 75.3 Å². The highest BCUT2D eigenvalue weighted by Crippen LogP contribution is 2.13. The summed E-state index contributed by atoms with van der Waals surface area (Å²) in [7, 11) is 0. The van der Waals surface area contributed by atoms with Gasteiger partial charge in [-0.1, -0.05) is 23.7 Å². The van der Waals surface area contributed by atoms with Gasteiger partial charge in [-0.3, -0.25) is 14.4 Å². The highest BCUT2D eigenvalue weighted by atomic mass is 35.5. The maximum absolute atomic E-state index is 12.1. The van der Waals surface area contributed by atoms with Gasteiger partial charge in [0.05, 0.1) is 6.54 Å². The van der Waals surface area contributed by atoms with Crippen LogP contribution < -0.4 is 10.6 Å². The van der Waals surface area contributed by atoms with Gasteiger partial charge in [0.15, 0.2) is 5.78 Å². The molecule has 0 spiro atoms. The van der Waals surface area contributed by atoms with E-state index in [1.165, 1.54) is 0 Å². The maximum Gasteiger partial charge on any atom is 0.243 e. The van der Waals surface area contributed by atoms with Crippen LogP contribution in [-0.4, -0.2) is 24.1 Å². The first kappa shape index (κ1) is 19.7. The molecule has 0 saturated carbocycles. The van der Waals surface area contributed by atoms with Crippen molar-refractivity contribution in [1.29, 1.82) is 0 Å².